The predicted octanol–water partition coefficient (Wildman–Crippen LogP) is 2.65. The number of nitrogens with two attached hydrogens (primary N) is 1. The van der Waals surface area contributed by atoms with Crippen LogP contribution >= 0.6 is 0 Å². The van der Waals surface area contributed by atoms with E-state index in [0.717, 1.165) is 16.9 Å². The highest BCUT2D eigenvalue weighted by Gasteiger charge is 2.18. The van der Waals surface area contributed by atoms with E-state index in [0.29, 0.717) is 13.2 Å². The first-order valence-electron chi connectivity index (χ1n) is 6.54. The lowest BCUT2D eigenvalue weighted by Crippen LogP contribution is -2.10. The molecule has 0 aromatic heterocycles. The molecule has 3 rings (SSSR count). The van der Waals surface area contributed by atoms with Gasteiger partial charge in [0.05, 0.1) is 0 Å². The molecular weight excluding hydrogens is 252 g/mol. The maximum Gasteiger partial charge on any atom is 0.282 e. The van der Waals surface area contributed by atoms with Gasteiger partial charge in [-0.1, -0.05) is 42.5 Å². The van der Waals surface area contributed by atoms with Gasteiger partial charge >= 0.3 is 0 Å². The quantitative estimate of drug-likeness (QED) is 0.927. The van der Waals surface area contributed by atoms with Crippen LogP contribution in [0.3, 0.4) is 0 Å². The first-order chi connectivity index (χ1) is 9.81. The summed E-state index contributed by atoms with van der Waals surface area (Å²) in [7, 11) is 0. The summed E-state index contributed by atoms with van der Waals surface area (Å²) in [6.45, 7) is 1.05. The summed E-state index contributed by atoms with van der Waals surface area (Å²) in [5, 5.41) is 0. The number of hydrogen-bond acceptors (Lipinski definition) is 4. The first-order valence-corrected chi connectivity index (χ1v) is 6.54. The van der Waals surface area contributed by atoms with Crippen LogP contribution in [0.25, 0.3) is 0 Å². The van der Waals surface area contributed by atoms with Crippen LogP contribution < -0.4 is 10.5 Å². The molecule has 1 aliphatic rings. The van der Waals surface area contributed by atoms with Gasteiger partial charge in [0.2, 0.25) is 0 Å². The summed E-state index contributed by atoms with van der Waals surface area (Å²) in [4.78, 5) is 4.23. The number of benzene rings is 2. The first kappa shape index (κ1) is 12.5. The number of rotatable bonds is 4. The number of hydrogen-bond donors (Lipinski definition) is 1. The van der Waals surface area contributed by atoms with Gasteiger partial charge in [0.15, 0.2) is 0 Å². The standard InChI is InChI=1S/C16H16N2O2/c17-16-18-15(11-20-16)13-7-4-8-14(9-13)19-10-12-5-2-1-3-6-12/h1-9,15H,10-11H2,(H2,17,18)/t15-/m1/s1. The fraction of sp³-hybridized carbons (Fsp3) is 0.188. The van der Waals surface area contributed by atoms with Gasteiger partial charge in [0.1, 0.15) is 25.0 Å². The molecule has 4 nitrogen and oxygen atoms in total. The molecule has 2 aromatic rings. The van der Waals surface area contributed by atoms with Crippen LogP contribution in [-0.2, 0) is 11.3 Å². The van der Waals surface area contributed by atoms with E-state index >= 15 is 0 Å². The summed E-state index contributed by atoms with van der Waals surface area (Å²) in [5.41, 5.74) is 7.73. The molecule has 20 heavy (non-hydrogen) atoms. The smallest absolute Gasteiger partial charge is 0.282 e. The van der Waals surface area contributed by atoms with E-state index in [1.54, 1.807) is 0 Å². The van der Waals surface area contributed by atoms with E-state index in [1.807, 2.05) is 54.6 Å². The molecule has 2 aromatic carbocycles. The van der Waals surface area contributed by atoms with Gasteiger partial charge in [-0.15, -0.1) is 0 Å². The lowest BCUT2D eigenvalue weighted by atomic mass is 10.1. The molecule has 0 aliphatic carbocycles. The molecule has 0 unspecified atom stereocenters. The van der Waals surface area contributed by atoms with Crippen molar-refractivity contribution in [3.05, 3.63) is 65.7 Å². The number of amidine groups is 1. The van der Waals surface area contributed by atoms with E-state index < -0.39 is 0 Å². The number of aliphatic imine (C=N–C) groups is 1. The van der Waals surface area contributed by atoms with E-state index in [-0.39, 0.29) is 12.1 Å². The third kappa shape index (κ3) is 2.91. The minimum atomic E-state index is -0.0322. The van der Waals surface area contributed by atoms with Crippen LogP contribution in [0.15, 0.2) is 59.6 Å². The lowest BCUT2D eigenvalue weighted by molar-refractivity contribution is 0.303. The highest BCUT2D eigenvalue weighted by molar-refractivity contribution is 5.73. The van der Waals surface area contributed by atoms with Crippen molar-refractivity contribution in [2.45, 2.75) is 12.6 Å². The van der Waals surface area contributed by atoms with Crippen molar-refractivity contribution < 1.29 is 9.47 Å². The summed E-state index contributed by atoms with van der Waals surface area (Å²) in [5.74, 6) is 0.826. The Bertz CT molecular complexity index is 611. The van der Waals surface area contributed by atoms with E-state index in [2.05, 4.69) is 4.99 Å². The molecule has 0 bridgehead atoms. The van der Waals surface area contributed by atoms with Crippen LogP contribution in [0.4, 0.5) is 0 Å². The van der Waals surface area contributed by atoms with E-state index in [4.69, 9.17) is 15.2 Å². The Morgan fingerprint density at radius 1 is 1.15 bits per heavy atom. The number of ether oxygens (including phenoxy) is 2. The lowest BCUT2D eigenvalue weighted by Gasteiger charge is -2.10. The van der Waals surface area contributed by atoms with Crippen LogP contribution in [0, 0.1) is 0 Å². The van der Waals surface area contributed by atoms with Crippen molar-refractivity contribution >= 4 is 6.02 Å². The molecule has 0 spiro atoms. The highest BCUT2D eigenvalue weighted by atomic mass is 16.5. The van der Waals surface area contributed by atoms with Crippen LogP contribution in [-0.4, -0.2) is 12.6 Å². The Balaban J connectivity index is 1.69. The molecule has 0 saturated carbocycles. The van der Waals surface area contributed by atoms with Crippen LogP contribution in [0.5, 0.6) is 5.75 Å². The molecule has 0 fully saturated rings. The Morgan fingerprint density at radius 2 is 2.00 bits per heavy atom. The van der Waals surface area contributed by atoms with Gasteiger partial charge in [0.25, 0.3) is 6.02 Å². The summed E-state index contributed by atoms with van der Waals surface area (Å²) < 4.78 is 11.0. The number of nitrogens with zero attached hydrogens (tertiary/aromatic N) is 1. The Hall–Kier alpha value is -2.49. The van der Waals surface area contributed by atoms with Crippen molar-refractivity contribution in [1.82, 2.24) is 0 Å². The average molecular weight is 268 g/mol. The Kier molecular flexibility index (Phi) is 3.54. The van der Waals surface area contributed by atoms with Gasteiger partial charge in [0, 0.05) is 0 Å². The third-order valence-corrected chi connectivity index (χ3v) is 3.16. The zero-order valence-corrected chi connectivity index (χ0v) is 11.0. The molecule has 1 heterocycles. The summed E-state index contributed by atoms with van der Waals surface area (Å²) in [6.07, 6.45) is 0. The van der Waals surface area contributed by atoms with Gasteiger partial charge in [-0.05, 0) is 23.3 Å². The minimum absolute atomic E-state index is 0.0322. The second-order valence-corrected chi connectivity index (χ2v) is 4.64. The molecule has 1 atom stereocenters. The van der Waals surface area contributed by atoms with Crippen LogP contribution in [0.2, 0.25) is 0 Å². The maximum atomic E-state index is 5.80. The molecule has 1 aliphatic heterocycles. The summed E-state index contributed by atoms with van der Waals surface area (Å²) >= 11 is 0. The fourth-order valence-corrected chi connectivity index (χ4v) is 2.12. The molecule has 2 N–H and O–H groups in total. The normalized spacial score (nSPS) is 17.4. The molecular formula is C16H16N2O2. The molecule has 4 heteroatoms. The predicted molar refractivity (Wildman–Crippen MR) is 77.5 cm³/mol. The zero-order chi connectivity index (χ0) is 13.8. The average Bonchev–Trinajstić information content (AvgIpc) is 2.93. The van der Waals surface area contributed by atoms with Crippen molar-refractivity contribution in [2.75, 3.05) is 6.61 Å². The molecule has 0 radical (unpaired) electrons. The second kappa shape index (κ2) is 5.65. The fourth-order valence-electron chi connectivity index (χ4n) is 2.12. The highest BCUT2D eigenvalue weighted by Crippen LogP contribution is 2.25. The van der Waals surface area contributed by atoms with Crippen molar-refractivity contribution in [2.24, 2.45) is 10.7 Å². The van der Waals surface area contributed by atoms with Gasteiger partial charge in [-0.3, -0.25) is 0 Å². The van der Waals surface area contributed by atoms with Gasteiger partial charge < -0.3 is 15.2 Å². The zero-order valence-electron chi connectivity index (χ0n) is 11.0. The summed E-state index contributed by atoms with van der Waals surface area (Å²) in [6, 6.07) is 18.2. The van der Waals surface area contributed by atoms with Crippen molar-refractivity contribution in [3.8, 4) is 5.75 Å². The van der Waals surface area contributed by atoms with Crippen LogP contribution in [0.1, 0.15) is 17.2 Å². The SMILES string of the molecule is NC1=N[C@@H](c2cccc(OCc3ccccc3)c2)CO1. The van der Waals surface area contributed by atoms with Gasteiger partial charge in [-0.25, -0.2) is 4.99 Å². The maximum absolute atomic E-state index is 5.80. The third-order valence-electron chi connectivity index (χ3n) is 3.16. The molecule has 0 amide bonds. The minimum Gasteiger partial charge on any atom is -0.489 e. The molecule has 0 saturated heterocycles. The van der Waals surface area contributed by atoms with Gasteiger partial charge in [-0.2, -0.15) is 0 Å². The van der Waals surface area contributed by atoms with Crippen molar-refractivity contribution in [3.63, 3.8) is 0 Å². The second-order valence-electron chi connectivity index (χ2n) is 4.64. The molecule has 102 valence electrons. The Morgan fingerprint density at radius 3 is 2.75 bits per heavy atom. The largest absolute Gasteiger partial charge is 0.489 e. The van der Waals surface area contributed by atoms with E-state index in [1.165, 1.54) is 0 Å². The van der Waals surface area contributed by atoms with E-state index in [9.17, 15) is 0 Å². The Labute approximate surface area is 117 Å². The monoisotopic (exact) mass is 268 g/mol. The topological polar surface area (TPSA) is 56.8 Å². The van der Waals surface area contributed by atoms with Crippen molar-refractivity contribution in [1.29, 1.82) is 0 Å².